The third kappa shape index (κ3) is 7.11. The number of hydrogen-bond acceptors (Lipinski definition) is 4. The molecule has 2 unspecified atom stereocenters. The van der Waals surface area contributed by atoms with Gasteiger partial charge in [-0.1, -0.05) is 6.07 Å². The quantitative estimate of drug-likeness (QED) is 0.360. The number of rotatable bonds is 7. The van der Waals surface area contributed by atoms with Crippen molar-refractivity contribution in [2.75, 3.05) is 20.7 Å². The van der Waals surface area contributed by atoms with Crippen molar-refractivity contribution in [1.29, 1.82) is 0 Å². The number of ether oxygens (including phenoxy) is 2. The van der Waals surface area contributed by atoms with Crippen molar-refractivity contribution in [2.24, 2.45) is 4.99 Å². The van der Waals surface area contributed by atoms with Crippen molar-refractivity contribution in [1.82, 2.24) is 10.6 Å². The molecule has 0 radical (unpaired) electrons. The third-order valence-electron chi connectivity index (χ3n) is 3.50. The van der Waals surface area contributed by atoms with E-state index in [2.05, 4.69) is 40.1 Å². The number of methoxy groups -OCH3 is 1. The van der Waals surface area contributed by atoms with E-state index in [0.717, 1.165) is 17.5 Å². The summed E-state index contributed by atoms with van der Waals surface area (Å²) in [5.74, 6) is 2.40. The molecule has 0 fully saturated rings. The van der Waals surface area contributed by atoms with E-state index in [-0.39, 0.29) is 36.1 Å². The molecule has 1 aromatic heterocycles. The standard InChI is InChI=1S/C18H25N3O2S.HI/c1-13(23-16-9-7-15(22-4)8-10-16)12-20-18(19-3)21-14(2)17-6-5-11-24-17;/h5-11,13-14H,12H2,1-4H3,(H2,19,20,21);1H. The van der Waals surface area contributed by atoms with Crippen LogP contribution in [-0.2, 0) is 0 Å². The lowest BCUT2D eigenvalue weighted by molar-refractivity contribution is 0.223. The molecule has 2 aromatic rings. The van der Waals surface area contributed by atoms with Crippen molar-refractivity contribution in [3.05, 3.63) is 46.7 Å². The zero-order valence-electron chi connectivity index (χ0n) is 15.0. The molecule has 0 aliphatic rings. The van der Waals surface area contributed by atoms with Crippen LogP contribution < -0.4 is 20.1 Å². The van der Waals surface area contributed by atoms with Crippen LogP contribution in [0.3, 0.4) is 0 Å². The molecule has 0 amide bonds. The van der Waals surface area contributed by atoms with E-state index in [4.69, 9.17) is 9.47 Å². The van der Waals surface area contributed by atoms with Crippen molar-refractivity contribution in [3.8, 4) is 11.5 Å². The molecule has 5 nitrogen and oxygen atoms in total. The molecule has 1 heterocycles. The van der Waals surface area contributed by atoms with Gasteiger partial charge in [-0.3, -0.25) is 4.99 Å². The maximum absolute atomic E-state index is 5.89. The lowest BCUT2D eigenvalue weighted by Gasteiger charge is -2.20. The summed E-state index contributed by atoms with van der Waals surface area (Å²) < 4.78 is 11.0. The first kappa shape index (κ1) is 21.6. The Morgan fingerprint density at radius 1 is 1.16 bits per heavy atom. The fourth-order valence-electron chi connectivity index (χ4n) is 2.18. The van der Waals surface area contributed by atoms with Crippen molar-refractivity contribution < 1.29 is 9.47 Å². The zero-order valence-corrected chi connectivity index (χ0v) is 18.1. The van der Waals surface area contributed by atoms with Crippen LogP contribution in [0, 0.1) is 0 Å². The minimum atomic E-state index is 0. The Bertz CT molecular complexity index is 632. The number of nitrogens with zero attached hydrogens (tertiary/aromatic N) is 1. The Morgan fingerprint density at radius 3 is 2.40 bits per heavy atom. The van der Waals surface area contributed by atoms with Gasteiger partial charge in [0, 0.05) is 11.9 Å². The van der Waals surface area contributed by atoms with Gasteiger partial charge in [-0.2, -0.15) is 0 Å². The van der Waals surface area contributed by atoms with Gasteiger partial charge in [0.05, 0.1) is 19.7 Å². The molecule has 2 rings (SSSR count). The molecule has 0 bridgehead atoms. The van der Waals surface area contributed by atoms with Gasteiger partial charge in [-0.25, -0.2) is 0 Å². The number of nitrogens with one attached hydrogen (secondary N) is 2. The average molecular weight is 475 g/mol. The normalized spacial score (nSPS) is 13.4. The molecular weight excluding hydrogens is 449 g/mol. The Morgan fingerprint density at radius 2 is 1.84 bits per heavy atom. The Balaban J connectivity index is 0.00000312. The second kappa shape index (κ2) is 11.2. The van der Waals surface area contributed by atoms with Crippen LogP contribution in [0.15, 0.2) is 46.8 Å². The molecule has 2 atom stereocenters. The van der Waals surface area contributed by atoms with Gasteiger partial charge >= 0.3 is 0 Å². The predicted molar refractivity (Wildman–Crippen MR) is 116 cm³/mol. The number of thiophene rings is 1. The predicted octanol–water partition coefficient (Wildman–Crippen LogP) is 4.07. The molecule has 2 N–H and O–H groups in total. The highest BCUT2D eigenvalue weighted by atomic mass is 127. The molecule has 0 saturated heterocycles. The fourth-order valence-corrected chi connectivity index (χ4v) is 2.91. The first-order valence-electron chi connectivity index (χ1n) is 7.93. The number of guanidine groups is 1. The van der Waals surface area contributed by atoms with Crippen molar-refractivity contribution in [2.45, 2.75) is 26.0 Å². The third-order valence-corrected chi connectivity index (χ3v) is 4.56. The van der Waals surface area contributed by atoms with Crippen LogP contribution in [0.5, 0.6) is 11.5 Å². The molecule has 25 heavy (non-hydrogen) atoms. The fraction of sp³-hybridized carbons (Fsp3) is 0.389. The zero-order chi connectivity index (χ0) is 17.4. The van der Waals surface area contributed by atoms with E-state index in [1.807, 2.05) is 31.2 Å². The average Bonchev–Trinajstić information content (AvgIpc) is 3.14. The first-order chi connectivity index (χ1) is 11.6. The van der Waals surface area contributed by atoms with Crippen molar-refractivity contribution in [3.63, 3.8) is 0 Å². The van der Waals surface area contributed by atoms with Gasteiger partial charge in [-0.15, -0.1) is 35.3 Å². The summed E-state index contributed by atoms with van der Waals surface area (Å²) >= 11 is 1.73. The van der Waals surface area contributed by atoms with Crippen LogP contribution >= 0.6 is 35.3 Å². The van der Waals surface area contributed by atoms with E-state index in [1.54, 1.807) is 25.5 Å². The molecule has 138 valence electrons. The highest BCUT2D eigenvalue weighted by Gasteiger charge is 2.10. The topological polar surface area (TPSA) is 54.9 Å². The summed E-state index contributed by atoms with van der Waals surface area (Å²) in [5.41, 5.74) is 0. The van der Waals surface area contributed by atoms with E-state index < -0.39 is 0 Å². The highest BCUT2D eigenvalue weighted by Crippen LogP contribution is 2.19. The van der Waals surface area contributed by atoms with Crippen LogP contribution in [0.25, 0.3) is 0 Å². The smallest absolute Gasteiger partial charge is 0.191 e. The second-order valence-electron chi connectivity index (χ2n) is 5.44. The second-order valence-corrected chi connectivity index (χ2v) is 6.42. The van der Waals surface area contributed by atoms with Gasteiger partial charge in [0.1, 0.15) is 17.6 Å². The van der Waals surface area contributed by atoms with E-state index in [1.165, 1.54) is 4.88 Å². The molecule has 0 saturated carbocycles. The summed E-state index contributed by atoms with van der Waals surface area (Å²) in [6.07, 6.45) is 0.00832. The molecule has 1 aromatic carbocycles. The van der Waals surface area contributed by atoms with Gasteiger partial charge in [-0.05, 0) is 49.6 Å². The summed E-state index contributed by atoms with van der Waals surface area (Å²) in [6.45, 7) is 4.80. The number of hydrogen-bond donors (Lipinski definition) is 2. The van der Waals surface area contributed by atoms with Crippen molar-refractivity contribution >= 4 is 41.3 Å². The SMILES string of the molecule is CN=C(NCC(C)Oc1ccc(OC)cc1)NC(C)c1cccs1.I. The van der Waals surface area contributed by atoms with Gasteiger partial charge < -0.3 is 20.1 Å². The Kier molecular flexibility index (Phi) is 9.66. The minimum Gasteiger partial charge on any atom is -0.497 e. The summed E-state index contributed by atoms with van der Waals surface area (Å²) in [7, 11) is 3.42. The monoisotopic (exact) mass is 475 g/mol. The maximum atomic E-state index is 5.89. The number of halogens is 1. The number of aliphatic imine (C=N–C) groups is 1. The Hall–Kier alpha value is -1.48. The lowest BCUT2D eigenvalue weighted by atomic mass is 10.3. The molecule has 0 aliphatic heterocycles. The molecule has 7 heteroatoms. The largest absolute Gasteiger partial charge is 0.497 e. The van der Waals surface area contributed by atoms with Gasteiger partial charge in [0.2, 0.25) is 0 Å². The van der Waals surface area contributed by atoms with Crippen LogP contribution in [0.4, 0.5) is 0 Å². The van der Waals surface area contributed by atoms with Crippen LogP contribution in [0.2, 0.25) is 0 Å². The lowest BCUT2D eigenvalue weighted by Crippen LogP contribution is -2.42. The summed E-state index contributed by atoms with van der Waals surface area (Å²) in [4.78, 5) is 5.54. The van der Waals surface area contributed by atoms with E-state index >= 15 is 0 Å². The Labute approximate surface area is 170 Å². The molecule has 0 aliphatic carbocycles. The maximum Gasteiger partial charge on any atom is 0.191 e. The van der Waals surface area contributed by atoms with Crippen LogP contribution in [0.1, 0.15) is 24.8 Å². The van der Waals surface area contributed by atoms with E-state index in [0.29, 0.717) is 6.54 Å². The first-order valence-corrected chi connectivity index (χ1v) is 8.81. The molecular formula is C18H26IN3O2S. The van der Waals surface area contributed by atoms with E-state index in [9.17, 15) is 0 Å². The summed E-state index contributed by atoms with van der Waals surface area (Å²) in [6, 6.07) is 12.0. The number of benzene rings is 1. The van der Waals surface area contributed by atoms with Gasteiger partial charge in [0.15, 0.2) is 5.96 Å². The summed E-state index contributed by atoms with van der Waals surface area (Å²) in [5, 5.41) is 8.76. The van der Waals surface area contributed by atoms with Gasteiger partial charge in [0.25, 0.3) is 0 Å². The molecule has 0 spiro atoms. The minimum absolute atomic E-state index is 0. The highest BCUT2D eigenvalue weighted by molar-refractivity contribution is 14.0. The van der Waals surface area contributed by atoms with Crippen LogP contribution in [-0.4, -0.2) is 32.8 Å².